The highest BCUT2D eigenvalue weighted by Gasteiger charge is 2.23. The predicted octanol–water partition coefficient (Wildman–Crippen LogP) is 2.79. The van der Waals surface area contributed by atoms with Crippen LogP contribution in [0, 0.1) is 0 Å². The molecule has 0 bridgehead atoms. The number of anilines is 2. The number of aromatic nitrogens is 2. The minimum absolute atomic E-state index is 0.207. The molecular weight excluding hydrogens is 380 g/mol. The van der Waals surface area contributed by atoms with Gasteiger partial charge in [-0.05, 0) is 44.2 Å². The molecule has 2 amide bonds. The maximum absolute atomic E-state index is 11.7. The molecule has 162 valence electrons. The van der Waals surface area contributed by atoms with Gasteiger partial charge in [0.25, 0.3) is 0 Å². The van der Waals surface area contributed by atoms with Crippen LogP contribution in [0.25, 0.3) is 11.4 Å². The van der Waals surface area contributed by atoms with Gasteiger partial charge in [-0.15, -0.1) is 0 Å². The lowest BCUT2D eigenvalue weighted by Gasteiger charge is -2.31. The number of benzene rings is 1. The van der Waals surface area contributed by atoms with Gasteiger partial charge in [0, 0.05) is 43.0 Å². The molecule has 3 heterocycles. The van der Waals surface area contributed by atoms with Crippen molar-refractivity contribution in [3.8, 4) is 11.4 Å². The number of fused-ring (bicyclic) bond motifs is 1. The molecule has 0 saturated carbocycles. The van der Waals surface area contributed by atoms with Crippen molar-refractivity contribution >= 4 is 17.5 Å². The summed E-state index contributed by atoms with van der Waals surface area (Å²) >= 11 is 0. The Labute approximate surface area is 178 Å². The third kappa shape index (κ3) is 5.25. The quantitative estimate of drug-likeness (QED) is 0.715. The molecule has 0 aliphatic carbocycles. The number of carbonyl (C=O) groups is 1. The highest BCUT2D eigenvalue weighted by atomic mass is 16.5. The molecule has 1 aromatic heterocycles. The van der Waals surface area contributed by atoms with E-state index >= 15 is 0 Å². The predicted molar refractivity (Wildman–Crippen MR) is 120 cm³/mol. The molecule has 0 unspecified atom stereocenters. The summed E-state index contributed by atoms with van der Waals surface area (Å²) in [6.07, 6.45) is 0.942. The van der Waals surface area contributed by atoms with Gasteiger partial charge in [-0.3, -0.25) is 0 Å². The van der Waals surface area contributed by atoms with E-state index in [0.717, 1.165) is 68.6 Å². The minimum atomic E-state index is -0.207. The summed E-state index contributed by atoms with van der Waals surface area (Å²) < 4.78 is 5.51. The third-order valence-electron chi connectivity index (χ3n) is 4.96. The molecule has 2 aliphatic rings. The summed E-state index contributed by atoms with van der Waals surface area (Å²) in [6, 6.07) is 7.44. The van der Waals surface area contributed by atoms with Crippen molar-refractivity contribution in [1.82, 2.24) is 20.6 Å². The molecule has 2 aliphatic heterocycles. The Bertz CT molecular complexity index is 834. The molecule has 1 fully saturated rings. The fraction of sp³-hybridized carbons (Fsp3) is 0.500. The van der Waals surface area contributed by atoms with Crippen LogP contribution in [0.4, 0.5) is 16.3 Å². The average molecular weight is 413 g/mol. The van der Waals surface area contributed by atoms with Gasteiger partial charge < -0.3 is 25.6 Å². The summed E-state index contributed by atoms with van der Waals surface area (Å²) in [5.74, 6) is 1.75. The van der Waals surface area contributed by atoms with Crippen LogP contribution in [-0.4, -0.2) is 55.4 Å². The second-order valence-corrected chi connectivity index (χ2v) is 6.88. The molecule has 4 rings (SSSR count). The van der Waals surface area contributed by atoms with E-state index in [4.69, 9.17) is 14.7 Å². The third-order valence-corrected chi connectivity index (χ3v) is 4.96. The van der Waals surface area contributed by atoms with Crippen molar-refractivity contribution in [2.45, 2.75) is 33.7 Å². The van der Waals surface area contributed by atoms with Gasteiger partial charge in [0.2, 0.25) is 0 Å². The molecule has 1 saturated heterocycles. The topological polar surface area (TPSA) is 91.4 Å². The number of hydrogen-bond donors (Lipinski definition) is 3. The smallest absolute Gasteiger partial charge is 0.319 e. The Kier molecular flexibility index (Phi) is 7.98. The normalized spacial score (nSPS) is 15.5. The first kappa shape index (κ1) is 22.0. The van der Waals surface area contributed by atoms with Crippen LogP contribution >= 0.6 is 0 Å². The number of carbonyl (C=O) groups excluding carboxylic acids is 1. The maximum Gasteiger partial charge on any atom is 0.319 e. The van der Waals surface area contributed by atoms with Gasteiger partial charge >= 0.3 is 6.03 Å². The molecule has 0 radical (unpaired) electrons. The van der Waals surface area contributed by atoms with E-state index in [9.17, 15) is 4.79 Å². The van der Waals surface area contributed by atoms with Crippen LogP contribution in [0.2, 0.25) is 0 Å². The molecular formula is C22H32N6O2. The highest BCUT2D eigenvalue weighted by Crippen LogP contribution is 2.28. The summed E-state index contributed by atoms with van der Waals surface area (Å²) in [7, 11) is 0. The van der Waals surface area contributed by atoms with Crippen molar-refractivity contribution in [3.63, 3.8) is 0 Å². The zero-order valence-corrected chi connectivity index (χ0v) is 18.1. The molecule has 30 heavy (non-hydrogen) atoms. The average Bonchev–Trinajstić information content (AvgIpc) is 2.81. The molecule has 3 N–H and O–H groups in total. The standard InChI is InChI=1S/C20H26N6O2.C2H6/c1-2-22-20(27)23-15-5-3-14(4-6-15)18-24-17-13-21-8-7-16(17)19(25-18)26-9-11-28-12-10-26;1-2/h3-6,21H,2,7-13H2,1H3,(H2,22,23,27);1-2H3. The van der Waals surface area contributed by atoms with E-state index in [1.54, 1.807) is 0 Å². The Morgan fingerprint density at radius 1 is 1.17 bits per heavy atom. The summed E-state index contributed by atoms with van der Waals surface area (Å²) in [5.41, 5.74) is 3.99. The van der Waals surface area contributed by atoms with Gasteiger partial charge in [-0.2, -0.15) is 0 Å². The van der Waals surface area contributed by atoms with Gasteiger partial charge in [-0.25, -0.2) is 14.8 Å². The highest BCUT2D eigenvalue weighted by molar-refractivity contribution is 5.89. The summed E-state index contributed by atoms with van der Waals surface area (Å²) in [6.45, 7) is 11.4. The van der Waals surface area contributed by atoms with Crippen molar-refractivity contribution < 1.29 is 9.53 Å². The number of ether oxygens (including phenoxy) is 1. The fourth-order valence-corrected chi connectivity index (χ4v) is 3.54. The first-order chi connectivity index (χ1) is 14.7. The van der Waals surface area contributed by atoms with Gasteiger partial charge in [0.1, 0.15) is 5.82 Å². The number of amides is 2. The Balaban J connectivity index is 0.00000124. The number of urea groups is 1. The number of rotatable bonds is 4. The van der Waals surface area contributed by atoms with Gasteiger partial charge in [0.05, 0.1) is 18.9 Å². The molecule has 8 nitrogen and oxygen atoms in total. The largest absolute Gasteiger partial charge is 0.378 e. The maximum atomic E-state index is 11.7. The van der Waals surface area contributed by atoms with Crippen molar-refractivity contribution in [2.24, 2.45) is 0 Å². The van der Waals surface area contributed by atoms with Gasteiger partial charge in [0.15, 0.2) is 5.82 Å². The summed E-state index contributed by atoms with van der Waals surface area (Å²) in [5, 5.41) is 8.94. The van der Waals surface area contributed by atoms with Crippen molar-refractivity contribution in [2.75, 3.05) is 49.6 Å². The number of nitrogens with one attached hydrogen (secondary N) is 3. The monoisotopic (exact) mass is 412 g/mol. The lowest BCUT2D eigenvalue weighted by molar-refractivity contribution is 0.122. The SMILES string of the molecule is CC.CCNC(=O)Nc1ccc(-c2nc3c(c(N4CCOCC4)n2)CCNC3)cc1. The van der Waals surface area contributed by atoms with E-state index in [2.05, 4.69) is 20.9 Å². The molecule has 8 heteroatoms. The lowest BCUT2D eigenvalue weighted by Crippen LogP contribution is -2.39. The number of hydrogen-bond acceptors (Lipinski definition) is 6. The molecule has 2 aromatic rings. The van der Waals surface area contributed by atoms with E-state index in [1.807, 2.05) is 45.0 Å². The van der Waals surface area contributed by atoms with Crippen LogP contribution in [0.15, 0.2) is 24.3 Å². The van der Waals surface area contributed by atoms with Crippen LogP contribution in [0.5, 0.6) is 0 Å². The van der Waals surface area contributed by atoms with Crippen LogP contribution in [0.1, 0.15) is 32.0 Å². The second-order valence-electron chi connectivity index (χ2n) is 6.88. The molecule has 1 aromatic carbocycles. The lowest BCUT2D eigenvalue weighted by atomic mass is 10.1. The van der Waals surface area contributed by atoms with Crippen molar-refractivity contribution in [1.29, 1.82) is 0 Å². The Morgan fingerprint density at radius 2 is 1.90 bits per heavy atom. The number of morpholine rings is 1. The second kappa shape index (κ2) is 10.9. The fourth-order valence-electron chi connectivity index (χ4n) is 3.54. The first-order valence-electron chi connectivity index (χ1n) is 10.8. The van der Waals surface area contributed by atoms with E-state index in [1.165, 1.54) is 5.56 Å². The van der Waals surface area contributed by atoms with Gasteiger partial charge in [-0.1, -0.05) is 13.8 Å². The first-order valence-corrected chi connectivity index (χ1v) is 10.8. The zero-order chi connectivity index (χ0) is 21.3. The van der Waals surface area contributed by atoms with E-state index in [0.29, 0.717) is 12.4 Å². The van der Waals surface area contributed by atoms with Crippen LogP contribution in [-0.2, 0) is 17.7 Å². The van der Waals surface area contributed by atoms with Crippen molar-refractivity contribution in [3.05, 3.63) is 35.5 Å². The summed E-state index contributed by atoms with van der Waals surface area (Å²) in [4.78, 5) is 23.7. The molecule has 0 spiro atoms. The molecule has 0 atom stereocenters. The van der Waals surface area contributed by atoms with E-state index in [-0.39, 0.29) is 6.03 Å². The van der Waals surface area contributed by atoms with Crippen LogP contribution in [0.3, 0.4) is 0 Å². The van der Waals surface area contributed by atoms with Crippen LogP contribution < -0.4 is 20.9 Å². The van der Waals surface area contributed by atoms with E-state index < -0.39 is 0 Å². The zero-order valence-electron chi connectivity index (χ0n) is 18.1. The number of nitrogens with zero attached hydrogens (tertiary/aromatic N) is 3. The Morgan fingerprint density at radius 3 is 2.60 bits per heavy atom. The Hall–Kier alpha value is -2.71. The minimum Gasteiger partial charge on any atom is -0.378 e.